The highest BCUT2D eigenvalue weighted by atomic mass is 35.5. The molecule has 3 aromatic rings. The highest BCUT2D eigenvalue weighted by Gasteiger charge is 2.25. The molecule has 0 bridgehead atoms. The van der Waals surface area contributed by atoms with Crippen LogP contribution in [0.15, 0.2) is 66.9 Å². The third-order valence-corrected chi connectivity index (χ3v) is 5.63. The summed E-state index contributed by atoms with van der Waals surface area (Å²) in [6.07, 6.45) is 3.47. The quantitative estimate of drug-likeness (QED) is 0.254. The fraction of sp³-hybridized carbons (Fsp3) is 0.240. The second-order valence-corrected chi connectivity index (χ2v) is 8.19. The van der Waals surface area contributed by atoms with Crippen molar-refractivity contribution in [2.45, 2.75) is 25.7 Å². The number of rotatable bonds is 11. The molecule has 174 valence electrons. The summed E-state index contributed by atoms with van der Waals surface area (Å²) in [5.74, 6) is -1.61. The number of aliphatic carboxylic acids is 1. The molecule has 1 atom stereocenters. The molecule has 2 aromatic carbocycles. The normalized spacial score (nSPS) is 11.3. The summed E-state index contributed by atoms with van der Waals surface area (Å²) >= 11 is 12.2. The first kappa shape index (κ1) is 26.7. The topological polar surface area (TPSA) is 76.5 Å². The van der Waals surface area contributed by atoms with Crippen LogP contribution in [0.5, 0.6) is 5.75 Å². The number of aromatic nitrogens is 1. The van der Waals surface area contributed by atoms with Crippen LogP contribution in [-0.4, -0.2) is 28.4 Å². The SMILES string of the molecule is O=C(CC(Cc1ccc(OCCCc2ccccn2)cc1)C(=O)O)c1c(Cl)cccc1Cl.S. The number of hydrogen-bond acceptors (Lipinski definition) is 4. The predicted octanol–water partition coefficient (Wildman–Crippen LogP) is 6.03. The Morgan fingerprint density at radius 1 is 0.970 bits per heavy atom. The lowest BCUT2D eigenvalue weighted by molar-refractivity contribution is -0.141. The van der Waals surface area contributed by atoms with Crippen LogP contribution >= 0.6 is 36.7 Å². The van der Waals surface area contributed by atoms with E-state index in [1.54, 1.807) is 24.4 Å². The summed E-state index contributed by atoms with van der Waals surface area (Å²) in [4.78, 5) is 28.7. The summed E-state index contributed by atoms with van der Waals surface area (Å²) in [7, 11) is 0. The number of carbonyl (C=O) groups is 2. The number of nitrogens with zero attached hydrogens (tertiary/aromatic N) is 1. The molecule has 1 aromatic heterocycles. The molecule has 0 aliphatic heterocycles. The first-order chi connectivity index (χ1) is 15.4. The molecule has 0 amide bonds. The number of carboxylic acids is 1. The highest BCUT2D eigenvalue weighted by Crippen LogP contribution is 2.27. The number of carboxylic acid groups (broad SMARTS) is 1. The molecule has 0 aliphatic rings. The van der Waals surface area contributed by atoms with Crippen molar-refractivity contribution < 1.29 is 19.4 Å². The van der Waals surface area contributed by atoms with E-state index in [4.69, 9.17) is 27.9 Å². The van der Waals surface area contributed by atoms with Crippen LogP contribution in [0.4, 0.5) is 0 Å². The van der Waals surface area contributed by atoms with Gasteiger partial charge < -0.3 is 9.84 Å². The van der Waals surface area contributed by atoms with Gasteiger partial charge in [0.05, 0.1) is 28.1 Å². The van der Waals surface area contributed by atoms with Crippen LogP contribution in [-0.2, 0) is 17.6 Å². The molecule has 8 heteroatoms. The molecule has 33 heavy (non-hydrogen) atoms. The fourth-order valence-corrected chi connectivity index (χ4v) is 3.94. The van der Waals surface area contributed by atoms with Crippen LogP contribution in [0, 0.1) is 5.92 Å². The molecular weight excluding hydrogens is 481 g/mol. The van der Waals surface area contributed by atoms with Gasteiger partial charge >= 0.3 is 5.97 Å². The number of ether oxygens (including phenoxy) is 1. The molecule has 0 radical (unpaired) electrons. The molecule has 1 unspecified atom stereocenters. The van der Waals surface area contributed by atoms with Gasteiger partial charge in [-0.3, -0.25) is 14.6 Å². The molecule has 5 nitrogen and oxygen atoms in total. The minimum absolute atomic E-state index is 0. The summed E-state index contributed by atoms with van der Waals surface area (Å²) in [5.41, 5.74) is 1.99. The Morgan fingerprint density at radius 3 is 2.27 bits per heavy atom. The zero-order valence-corrected chi connectivity index (χ0v) is 20.4. The Balaban J connectivity index is 0.00000385. The molecule has 0 aliphatic carbocycles. The average molecular weight is 506 g/mol. The van der Waals surface area contributed by atoms with Crippen molar-refractivity contribution >= 4 is 48.5 Å². The molecule has 3 rings (SSSR count). The molecular formula is C25H25Cl2NO4S. The fourth-order valence-electron chi connectivity index (χ4n) is 3.33. The third kappa shape index (κ3) is 8.07. The molecule has 0 fully saturated rings. The Kier molecular flexibility index (Phi) is 10.7. The van der Waals surface area contributed by atoms with E-state index in [1.165, 1.54) is 0 Å². The zero-order chi connectivity index (χ0) is 22.9. The van der Waals surface area contributed by atoms with E-state index in [0.29, 0.717) is 12.4 Å². The van der Waals surface area contributed by atoms with E-state index in [0.717, 1.165) is 24.1 Å². The van der Waals surface area contributed by atoms with Gasteiger partial charge in [0.1, 0.15) is 5.75 Å². The summed E-state index contributed by atoms with van der Waals surface area (Å²) in [6.45, 7) is 0.556. The van der Waals surface area contributed by atoms with Crippen LogP contribution in [0.3, 0.4) is 0 Å². The molecule has 0 spiro atoms. The van der Waals surface area contributed by atoms with Gasteiger partial charge in [0, 0.05) is 18.3 Å². The zero-order valence-electron chi connectivity index (χ0n) is 17.8. The summed E-state index contributed by atoms with van der Waals surface area (Å²) in [6, 6.07) is 17.8. The predicted molar refractivity (Wildman–Crippen MR) is 135 cm³/mol. The van der Waals surface area contributed by atoms with Gasteiger partial charge in [0.25, 0.3) is 0 Å². The second-order valence-electron chi connectivity index (χ2n) is 7.38. The Hall–Kier alpha value is -2.54. The van der Waals surface area contributed by atoms with Crippen LogP contribution in [0.2, 0.25) is 10.0 Å². The third-order valence-electron chi connectivity index (χ3n) is 5.00. The van der Waals surface area contributed by atoms with Crippen molar-refractivity contribution in [1.29, 1.82) is 0 Å². The number of aryl methyl sites for hydroxylation is 1. The van der Waals surface area contributed by atoms with Gasteiger partial charge in [-0.15, -0.1) is 0 Å². The van der Waals surface area contributed by atoms with E-state index >= 15 is 0 Å². The maximum Gasteiger partial charge on any atom is 0.307 e. The van der Waals surface area contributed by atoms with E-state index in [1.807, 2.05) is 42.5 Å². The Labute approximate surface area is 210 Å². The molecule has 1 N–H and O–H groups in total. The van der Waals surface area contributed by atoms with Crippen molar-refractivity contribution in [2.75, 3.05) is 6.61 Å². The lowest BCUT2D eigenvalue weighted by Crippen LogP contribution is -2.21. The van der Waals surface area contributed by atoms with Crippen molar-refractivity contribution in [3.8, 4) is 5.75 Å². The van der Waals surface area contributed by atoms with Gasteiger partial charge in [-0.1, -0.05) is 47.5 Å². The first-order valence-electron chi connectivity index (χ1n) is 10.3. The summed E-state index contributed by atoms with van der Waals surface area (Å²) in [5, 5.41) is 10.1. The van der Waals surface area contributed by atoms with Gasteiger partial charge in [-0.25, -0.2) is 0 Å². The number of carbonyl (C=O) groups excluding carboxylic acids is 1. The smallest absolute Gasteiger partial charge is 0.307 e. The minimum Gasteiger partial charge on any atom is -0.494 e. The maximum absolute atomic E-state index is 12.6. The van der Waals surface area contributed by atoms with Crippen LogP contribution in [0.1, 0.15) is 34.5 Å². The number of pyridine rings is 1. The highest BCUT2D eigenvalue weighted by molar-refractivity contribution is 7.59. The van der Waals surface area contributed by atoms with Gasteiger partial charge in [-0.05, 0) is 61.2 Å². The van der Waals surface area contributed by atoms with Crippen LogP contribution < -0.4 is 4.74 Å². The molecule has 0 saturated heterocycles. The number of hydrogen-bond donors (Lipinski definition) is 1. The number of halogens is 2. The van der Waals surface area contributed by atoms with E-state index in [-0.39, 0.29) is 47.7 Å². The van der Waals surface area contributed by atoms with E-state index in [9.17, 15) is 14.7 Å². The Morgan fingerprint density at radius 2 is 1.67 bits per heavy atom. The number of benzene rings is 2. The average Bonchev–Trinajstić information content (AvgIpc) is 2.78. The number of Topliss-reactive ketones (excluding diaryl/α,β-unsaturated/α-hetero) is 1. The lowest BCUT2D eigenvalue weighted by atomic mass is 9.92. The lowest BCUT2D eigenvalue weighted by Gasteiger charge is -2.14. The number of ketones is 1. The standard InChI is InChI=1S/C25H23Cl2NO4.H2S/c26-21-7-3-8-22(27)24(21)23(29)16-18(25(30)31)15-17-9-11-20(12-10-17)32-14-4-6-19-5-1-2-13-28-19;/h1-3,5,7-13,18H,4,6,14-16H2,(H,30,31);1H2. The second kappa shape index (κ2) is 13.2. The molecule has 1 heterocycles. The van der Waals surface area contributed by atoms with Gasteiger partial charge in [0.15, 0.2) is 5.78 Å². The van der Waals surface area contributed by atoms with E-state index < -0.39 is 11.9 Å². The largest absolute Gasteiger partial charge is 0.494 e. The van der Waals surface area contributed by atoms with Crippen molar-refractivity contribution in [3.63, 3.8) is 0 Å². The monoisotopic (exact) mass is 505 g/mol. The van der Waals surface area contributed by atoms with E-state index in [2.05, 4.69) is 4.98 Å². The minimum atomic E-state index is -1.05. The molecule has 0 saturated carbocycles. The first-order valence-corrected chi connectivity index (χ1v) is 11.0. The van der Waals surface area contributed by atoms with Crippen LogP contribution in [0.25, 0.3) is 0 Å². The van der Waals surface area contributed by atoms with Gasteiger partial charge in [0.2, 0.25) is 0 Å². The summed E-state index contributed by atoms with van der Waals surface area (Å²) < 4.78 is 5.76. The van der Waals surface area contributed by atoms with Crippen molar-refractivity contribution in [1.82, 2.24) is 4.98 Å². The maximum atomic E-state index is 12.6. The van der Waals surface area contributed by atoms with Crippen molar-refractivity contribution in [3.05, 3.63) is 93.7 Å². The van der Waals surface area contributed by atoms with Gasteiger partial charge in [-0.2, -0.15) is 13.5 Å². The Bertz CT molecular complexity index is 1040. The van der Waals surface area contributed by atoms with Crippen molar-refractivity contribution in [2.24, 2.45) is 5.92 Å².